The zero-order valence-corrected chi connectivity index (χ0v) is 9.66. The molecule has 0 saturated carbocycles. The molecule has 0 aromatic carbocycles. The number of aromatic nitrogens is 1. The van der Waals surface area contributed by atoms with Crippen molar-refractivity contribution in [3.8, 4) is 0 Å². The molecule has 1 rings (SSSR count). The number of aliphatic hydroxyl groups excluding tert-OH is 1. The fraction of sp³-hybridized carbons (Fsp3) is 0.444. The van der Waals surface area contributed by atoms with Crippen LogP contribution in [0.25, 0.3) is 0 Å². The van der Waals surface area contributed by atoms with E-state index in [1.807, 2.05) is 0 Å². The van der Waals surface area contributed by atoms with Crippen molar-refractivity contribution in [2.24, 2.45) is 0 Å². The van der Waals surface area contributed by atoms with E-state index in [1.165, 1.54) is 17.8 Å². The average Bonchev–Trinajstić information content (AvgIpc) is 2.29. The third-order valence-electron chi connectivity index (χ3n) is 1.83. The molecule has 0 unspecified atom stereocenters. The lowest BCUT2D eigenvalue weighted by atomic mass is 10.4. The van der Waals surface area contributed by atoms with Gasteiger partial charge in [0.1, 0.15) is 5.82 Å². The normalized spacial score (nSPS) is 10.1. The van der Waals surface area contributed by atoms with Gasteiger partial charge in [-0.05, 0) is 12.5 Å². The van der Waals surface area contributed by atoms with E-state index in [0.717, 1.165) is 0 Å². The molecular formula is C9H13N3O3S. The van der Waals surface area contributed by atoms with E-state index in [-0.39, 0.29) is 12.3 Å². The van der Waals surface area contributed by atoms with Crippen molar-refractivity contribution in [3.05, 3.63) is 22.2 Å². The number of nitro groups is 1. The van der Waals surface area contributed by atoms with Gasteiger partial charge >= 0.3 is 5.69 Å². The Morgan fingerprint density at radius 1 is 1.62 bits per heavy atom. The number of pyridine rings is 1. The summed E-state index contributed by atoms with van der Waals surface area (Å²) in [6.45, 7) is 0.0759. The predicted octanol–water partition coefficient (Wildman–Crippen LogP) is 1.51. The number of nitrogens with zero attached hydrogens (tertiary/aromatic N) is 2. The highest BCUT2D eigenvalue weighted by molar-refractivity contribution is 7.99. The van der Waals surface area contributed by atoms with Crippen molar-refractivity contribution in [3.63, 3.8) is 0 Å². The van der Waals surface area contributed by atoms with Crippen molar-refractivity contribution < 1.29 is 10.0 Å². The van der Waals surface area contributed by atoms with Crippen molar-refractivity contribution in [1.29, 1.82) is 0 Å². The van der Waals surface area contributed by atoms with Gasteiger partial charge < -0.3 is 10.4 Å². The van der Waals surface area contributed by atoms with Crippen LogP contribution in [0.1, 0.15) is 6.42 Å². The summed E-state index contributed by atoms with van der Waals surface area (Å²) in [6.07, 6.45) is 0.591. The fourth-order valence-corrected chi connectivity index (χ4v) is 1.97. The quantitative estimate of drug-likeness (QED) is 0.341. The van der Waals surface area contributed by atoms with E-state index in [4.69, 9.17) is 5.11 Å². The van der Waals surface area contributed by atoms with Gasteiger partial charge in [0.2, 0.25) is 0 Å². The number of hydrogen-bond donors (Lipinski definition) is 2. The zero-order valence-electron chi connectivity index (χ0n) is 8.84. The minimum Gasteiger partial charge on any atom is -0.396 e. The highest BCUT2D eigenvalue weighted by Gasteiger charge is 2.15. The van der Waals surface area contributed by atoms with Crippen LogP contribution in [-0.4, -0.2) is 34.4 Å². The largest absolute Gasteiger partial charge is 0.396 e. The topological polar surface area (TPSA) is 88.3 Å². The lowest BCUT2D eigenvalue weighted by molar-refractivity contribution is -0.388. The van der Waals surface area contributed by atoms with Gasteiger partial charge in [-0.1, -0.05) is 11.8 Å². The Morgan fingerprint density at radius 2 is 2.38 bits per heavy atom. The highest BCUT2D eigenvalue weighted by atomic mass is 32.2. The molecule has 1 aromatic rings. The van der Waals surface area contributed by atoms with Gasteiger partial charge in [0.05, 0.1) is 4.92 Å². The molecule has 0 bridgehead atoms. The SMILES string of the molecule is CNc1ccc([N+](=O)[O-])c(SCCCO)n1. The van der Waals surface area contributed by atoms with Crippen LogP contribution in [0, 0.1) is 10.1 Å². The van der Waals surface area contributed by atoms with Crippen LogP contribution in [0.2, 0.25) is 0 Å². The molecule has 7 heteroatoms. The van der Waals surface area contributed by atoms with Crippen LogP contribution in [0.5, 0.6) is 0 Å². The molecule has 2 N–H and O–H groups in total. The molecule has 16 heavy (non-hydrogen) atoms. The lowest BCUT2D eigenvalue weighted by Crippen LogP contribution is -1.98. The summed E-state index contributed by atoms with van der Waals surface area (Å²) in [7, 11) is 1.70. The van der Waals surface area contributed by atoms with Gasteiger partial charge in [0.15, 0.2) is 5.03 Å². The Balaban J connectivity index is 2.87. The molecule has 0 atom stereocenters. The monoisotopic (exact) mass is 243 g/mol. The van der Waals surface area contributed by atoms with Crippen molar-refractivity contribution >= 4 is 23.3 Å². The minimum absolute atomic E-state index is 0.00180. The molecule has 0 aliphatic heterocycles. The first-order chi connectivity index (χ1) is 7.69. The highest BCUT2D eigenvalue weighted by Crippen LogP contribution is 2.28. The standard InChI is InChI=1S/C9H13N3O3S/c1-10-8-4-3-7(12(14)15)9(11-8)16-6-2-5-13/h3-4,13H,2,5-6H2,1H3,(H,10,11). The summed E-state index contributed by atoms with van der Waals surface area (Å²) >= 11 is 1.28. The molecule has 0 radical (unpaired) electrons. The lowest BCUT2D eigenvalue weighted by Gasteiger charge is -2.04. The van der Waals surface area contributed by atoms with Crippen LogP contribution in [-0.2, 0) is 0 Å². The van der Waals surface area contributed by atoms with Crippen LogP contribution < -0.4 is 5.32 Å². The van der Waals surface area contributed by atoms with Gasteiger partial charge in [-0.3, -0.25) is 10.1 Å². The van der Waals surface area contributed by atoms with Crippen molar-refractivity contribution in [1.82, 2.24) is 4.98 Å². The Kier molecular flexibility index (Phi) is 5.00. The molecule has 0 fully saturated rings. The second kappa shape index (κ2) is 6.29. The smallest absolute Gasteiger partial charge is 0.301 e. The second-order valence-electron chi connectivity index (χ2n) is 2.95. The molecule has 0 saturated heterocycles. The molecule has 0 aliphatic rings. The molecule has 1 aromatic heterocycles. The van der Waals surface area contributed by atoms with E-state index >= 15 is 0 Å². The zero-order chi connectivity index (χ0) is 12.0. The maximum absolute atomic E-state index is 10.7. The molecule has 1 heterocycles. The van der Waals surface area contributed by atoms with E-state index in [2.05, 4.69) is 10.3 Å². The maximum Gasteiger partial charge on any atom is 0.301 e. The Bertz CT molecular complexity index is 373. The molecule has 0 amide bonds. The molecule has 0 aliphatic carbocycles. The molecule has 88 valence electrons. The van der Waals surface area contributed by atoms with Crippen molar-refractivity contribution in [2.75, 3.05) is 24.7 Å². The molecule has 0 spiro atoms. The first kappa shape index (κ1) is 12.7. The summed E-state index contributed by atoms with van der Waals surface area (Å²) in [5.74, 6) is 1.20. The number of hydrogen-bond acceptors (Lipinski definition) is 6. The average molecular weight is 243 g/mol. The molecule has 6 nitrogen and oxygen atoms in total. The minimum atomic E-state index is -0.451. The first-order valence-corrected chi connectivity index (χ1v) is 5.74. The maximum atomic E-state index is 10.7. The van der Waals surface area contributed by atoms with Gasteiger partial charge in [-0.2, -0.15) is 0 Å². The summed E-state index contributed by atoms with van der Waals surface area (Å²) in [5, 5.41) is 22.6. The number of nitrogens with one attached hydrogen (secondary N) is 1. The predicted molar refractivity (Wildman–Crippen MR) is 62.9 cm³/mol. The third-order valence-corrected chi connectivity index (χ3v) is 2.90. The van der Waals surface area contributed by atoms with Crippen LogP contribution in [0.15, 0.2) is 17.2 Å². The fourth-order valence-electron chi connectivity index (χ4n) is 1.05. The molecular weight excluding hydrogens is 230 g/mol. The number of rotatable bonds is 6. The summed E-state index contributed by atoms with van der Waals surface area (Å²) < 4.78 is 0. The van der Waals surface area contributed by atoms with Crippen LogP contribution >= 0.6 is 11.8 Å². The van der Waals surface area contributed by atoms with Gasteiger partial charge in [0.25, 0.3) is 0 Å². The summed E-state index contributed by atoms with van der Waals surface area (Å²) in [6, 6.07) is 2.99. The Morgan fingerprint density at radius 3 is 2.94 bits per heavy atom. The van der Waals surface area contributed by atoms with Gasteiger partial charge in [-0.15, -0.1) is 0 Å². The van der Waals surface area contributed by atoms with E-state index < -0.39 is 4.92 Å². The van der Waals surface area contributed by atoms with Gasteiger partial charge in [-0.25, -0.2) is 4.98 Å². The van der Waals surface area contributed by atoms with E-state index in [1.54, 1.807) is 13.1 Å². The Labute approximate surface area is 97.2 Å². The number of thioether (sulfide) groups is 1. The first-order valence-electron chi connectivity index (χ1n) is 4.76. The van der Waals surface area contributed by atoms with E-state index in [0.29, 0.717) is 23.0 Å². The number of aliphatic hydroxyl groups is 1. The van der Waals surface area contributed by atoms with E-state index in [9.17, 15) is 10.1 Å². The summed E-state index contributed by atoms with van der Waals surface area (Å²) in [4.78, 5) is 14.4. The summed E-state index contributed by atoms with van der Waals surface area (Å²) in [5.41, 5.74) is 0.00180. The second-order valence-corrected chi connectivity index (χ2v) is 4.04. The van der Waals surface area contributed by atoms with Gasteiger partial charge in [0, 0.05) is 25.5 Å². The van der Waals surface area contributed by atoms with Crippen LogP contribution in [0.4, 0.5) is 11.5 Å². The van der Waals surface area contributed by atoms with Crippen LogP contribution in [0.3, 0.4) is 0 Å². The third kappa shape index (κ3) is 3.35. The number of anilines is 1. The Hall–Kier alpha value is -1.34. The van der Waals surface area contributed by atoms with Crippen molar-refractivity contribution in [2.45, 2.75) is 11.4 Å².